The zero-order valence-corrected chi connectivity index (χ0v) is 25.2. The highest BCUT2D eigenvalue weighted by Gasteiger charge is 2.41. The van der Waals surface area contributed by atoms with E-state index in [4.69, 9.17) is 21.7 Å². The average molecular weight is 599 g/mol. The Labute approximate surface area is 261 Å². The molecule has 0 unspecified atom stereocenters. The van der Waals surface area contributed by atoms with Crippen LogP contribution in [0.3, 0.4) is 0 Å². The second kappa shape index (κ2) is 12.5. The van der Waals surface area contributed by atoms with Gasteiger partial charge in [0.05, 0.1) is 18.0 Å². The van der Waals surface area contributed by atoms with Gasteiger partial charge in [-0.1, -0.05) is 78.9 Å². The molecule has 0 aromatic heterocycles. The first kappa shape index (κ1) is 28.8. The summed E-state index contributed by atoms with van der Waals surface area (Å²) in [6, 6.07) is 36.0. The molecule has 0 saturated carbocycles. The highest BCUT2D eigenvalue weighted by molar-refractivity contribution is 7.81. The zero-order valence-electron chi connectivity index (χ0n) is 24.4. The molecular weight excluding hydrogens is 568 g/mol. The van der Waals surface area contributed by atoms with Gasteiger partial charge in [-0.05, 0) is 90.4 Å². The normalized spacial score (nSPS) is 13.4. The second-order valence-electron chi connectivity index (χ2n) is 10.3. The van der Waals surface area contributed by atoms with Crippen LogP contribution in [0, 0.1) is 6.92 Å². The number of hydrogen-bond donors (Lipinski definition) is 0. The van der Waals surface area contributed by atoms with Crippen molar-refractivity contribution in [3.05, 3.63) is 138 Å². The van der Waals surface area contributed by atoms with Gasteiger partial charge in [0.25, 0.3) is 11.8 Å². The number of thiocarbonyl (C=S) groups is 1. The lowest BCUT2D eigenvalue weighted by Crippen LogP contribution is -2.56. The van der Waals surface area contributed by atoms with Gasteiger partial charge in [0.15, 0.2) is 16.6 Å². The molecule has 218 valence electrons. The lowest BCUT2D eigenvalue weighted by molar-refractivity contribution is -0.120. The number of aryl methyl sites for hydroxylation is 1. The van der Waals surface area contributed by atoms with Gasteiger partial charge in [0, 0.05) is 5.56 Å². The summed E-state index contributed by atoms with van der Waals surface area (Å²) in [6.07, 6.45) is 1.58. The highest BCUT2D eigenvalue weighted by atomic mass is 32.1. The van der Waals surface area contributed by atoms with Crippen molar-refractivity contribution in [2.45, 2.75) is 20.5 Å². The molecule has 5 aromatic rings. The minimum Gasteiger partial charge on any atom is -0.490 e. The summed E-state index contributed by atoms with van der Waals surface area (Å²) in [5.41, 5.74) is 3.99. The molecule has 0 bridgehead atoms. The number of hydrogen-bond acceptors (Lipinski definition) is 5. The quantitative estimate of drug-likeness (QED) is 0.103. The molecule has 1 aliphatic heterocycles. The van der Waals surface area contributed by atoms with Crippen molar-refractivity contribution in [3.63, 3.8) is 0 Å². The number of nitrogens with zero attached hydrogens (tertiary/aromatic N) is 2. The van der Waals surface area contributed by atoms with E-state index in [9.17, 15) is 9.59 Å². The molecule has 1 aliphatic rings. The van der Waals surface area contributed by atoms with Gasteiger partial charge >= 0.3 is 0 Å². The predicted molar refractivity (Wildman–Crippen MR) is 179 cm³/mol. The summed E-state index contributed by atoms with van der Waals surface area (Å²) in [6.45, 7) is 4.75. The summed E-state index contributed by atoms with van der Waals surface area (Å²) in [4.78, 5) is 30.5. The van der Waals surface area contributed by atoms with Crippen LogP contribution in [0.5, 0.6) is 11.5 Å². The first-order chi connectivity index (χ1) is 21.5. The van der Waals surface area contributed by atoms with Gasteiger partial charge in [-0.25, -0.2) is 0 Å². The third-order valence-corrected chi connectivity index (χ3v) is 7.87. The molecule has 1 saturated heterocycles. The molecule has 0 radical (unpaired) electrons. The monoisotopic (exact) mass is 598 g/mol. The summed E-state index contributed by atoms with van der Waals surface area (Å²) >= 11 is 5.71. The largest absolute Gasteiger partial charge is 0.490 e. The molecular formula is C37H30N2O4S. The molecule has 2 amide bonds. The molecule has 6 rings (SSSR count). The van der Waals surface area contributed by atoms with E-state index in [-0.39, 0.29) is 10.7 Å². The van der Waals surface area contributed by atoms with Crippen molar-refractivity contribution in [3.8, 4) is 11.5 Å². The van der Waals surface area contributed by atoms with E-state index in [1.807, 2.05) is 67.6 Å². The van der Waals surface area contributed by atoms with Gasteiger partial charge in [0.2, 0.25) is 0 Å². The molecule has 5 aromatic carbocycles. The maximum absolute atomic E-state index is 13.9. The maximum Gasteiger partial charge on any atom is 0.270 e. The Kier molecular flexibility index (Phi) is 8.21. The standard InChI is InChI=1S/C37H30N2O4S/c1-3-42-34-23-26(19-21-33(34)43-24-32-25(2)18-20-27-12-10-11-17-30(27)32)22-31-35(40)38(28-13-6-4-7-14-28)37(44)39(36(31)41)29-15-8-5-9-16-29/h4-23H,3,24H2,1-2H3. The molecule has 1 fully saturated rings. The van der Waals surface area contributed by atoms with Crippen LogP contribution in [0.4, 0.5) is 11.4 Å². The predicted octanol–water partition coefficient (Wildman–Crippen LogP) is 7.87. The third-order valence-electron chi connectivity index (χ3n) is 7.50. The lowest BCUT2D eigenvalue weighted by atomic mass is 10.0. The fourth-order valence-corrected chi connectivity index (χ4v) is 5.67. The molecule has 1 heterocycles. The van der Waals surface area contributed by atoms with E-state index < -0.39 is 11.8 Å². The number of anilines is 2. The van der Waals surface area contributed by atoms with Crippen LogP contribution in [-0.4, -0.2) is 23.5 Å². The van der Waals surface area contributed by atoms with E-state index in [1.54, 1.807) is 36.4 Å². The van der Waals surface area contributed by atoms with Gasteiger partial charge in [-0.15, -0.1) is 0 Å². The van der Waals surface area contributed by atoms with E-state index in [0.717, 1.165) is 21.9 Å². The fourth-order valence-electron chi connectivity index (χ4n) is 5.29. The summed E-state index contributed by atoms with van der Waals surface area (Å²) in [5.74, 6) is 0.0950. The third kappa shape index (κ3) is 5.57. The lowest BCUT2D eigenvalue weighted by Gasteiger charge is -2.36. The molecule has 0 atom stereocenters. The highest BCUT2D eigenvalue weighted by Crippen LogP contribution is 2.34. The number of amides is 2. The molecule has 7 heteroatoms. The van der Waals surface area contributed by atoms with Crippen LogP contribution in [0.25, 0.3) is 16.8 Å². The molecule has 0 N–H and O–H groups in total. The number of para-hydroxylation sites is 2. The van der Waals surface area contributed by atoms with Crippen molar-refractivity contribution in [1.29, 1.82) is 0 Å². The first-order valence-corrected chi connectivity index (χ1v) is 14.8. The van der Waals surface area contributed by atoms with Crippen LogP contribution in [0.15, 0.2) is 121 Å². The van der Waals surface area contributed by atoms with E-state index in [2.05, 4.69) is 31.2 Å². The maximum atomic E-state index is 13.9. The van der Waals surface area contributed by atoms with Gasteiger partial charge < -0.3 is 9.47 Å². The molecule has 0 spiro atoms. The van der Waals surface area contributed by atoms with Gasteiger partial charge in [-0.3, -0.25) is 19.4 Å². The van der Waals surface area contributed by atoms with E-state index in [1.165, 1.54) is 9.80 Å². The molecule has 6 nitrogen and oxygen atoms in total. The van der Waals surface area contributed by atoms with Crippen LogP contribution in [0.1, 0.15) is 23.6 Å². The van der Waals surface area contributed by atoms with Crippen molar-refractivity contribution < 1.29 is 19.1 Å². The Morgan fingerprint density at radius 2 is 1.32 bits per heavy atom. The number of carbonyl (C=O) groups excluding carboxylic acids is 2. The molecule has 0 aliphatic carbocycles. The van der Waals surface area contributed by atoms with Crippen molar-refractivity contribution in [2.75, 3.05) is 16.4 Å². The van der Waals surface area contributed by atoms with Crippen LogP contribution < -0.4 is 19.3 Å². The van der Waals surface area contributed by atoms with Gasteiger partial charge in [0.1, 0.15) is 12.2 Å². The minimum atomic E-state index is -0.497. The SMILES string of the molecule is CCOc1cc(C=C2C(=O)N(c3ccccc3)C(=S)N(c3ccccc3)C2=O)ccc1OCc1c(C)ccc2ccccc12. The number of benzene rings is 5. The zero-order chi connectivity index (χ0) is 30.6. The van der Waals surface area contributed by atoms with Crippen molar-refractivity contribution in [2.24, 2.45) is 0 Å². The summed E-state index contributed by atoms with van der Waals surface area (Å²) in [5, 5.41) is 2.39. The smallest absolute Gasteiger partial charge is 0.270 e. The summed E-state index contributed by atoms with van der Waals surface area (Å²) < 4.78 is 12.3. The number of ether oxygens (including phenoxy) is 2. The van der Waals surface area contributed by atoms with E-state index in [0.29, 0.717) is 41.7 Å². The topological polar surface area (TPSA) is 59.1 Å². The number of rotatable bonds is 8. The Bertz CT molecular complexity index is 1840. The Morgan fingerprint density at radius 1 is 0.705 bits per heavy atom. The Morgan fingerprint density at radius 3 is 1.95 bits per heavy atom. The van der Waals surface area contributed by atoms with Crippen molar-refractivity contribution >= 4 is 57.4 Å². The molecule has 44 heavy (non-hydrogen) atoms. The van der Waals surface area contributed by atoms with Crippen LogP contribution >= 0.6 is 12.2 Å². The van der Waals surface area contributed by atoms with E-state index >= 15 is 0 Å². The van der Waals surface area contributed by atoms with Crippen LogP contribution in [-0.2, 0) is 16.2 Å². The van der Waals surface area contributed by atoms with Crippen molar-refractivity contribution in [1.82, 2.24) is 0 Å². The first-order valence-electron chi connectivity index (χ1n) is 14.4. The summed E-state index contributed by atoms with van der Waals surface area (Å²) in [7, 11) is 0. The number of fused-ring (bicyclic) bond motifs is 1. The minimum absolute atomic E-state index is 0.0196. The fraction of sp³-hybridized carbons (Fsp3) is 0.108. The Hall–Kier alpha value is -5.27. The van der Waals surface area contributed by atoms with Gasteiger partial charge in [-0.2, -0.15) is 0 Å². The second-order valence-corrected chi connectivity index (χ2v) is 10.7. The average Bonchev–Trinajstić information content (AvgIpc) is 3.04. The Balaban J connectivity index is 1.36. The number of carbonyl (C=O) groups is 2. The van der Waals surface area contributed by atoms with Crippen LogP contribution in [0.2, 0.25) is 0 Å².